The number of hydrogen-bond donors (Lipinski definition) is 1. The summed E-state index contributed by atoms with van der Waals surface area (Å²) in [7, 11) is 4.87. The van der Waals surface area contributed by atoms with E-state index in [2.05, 4.69) is 10.3 Å². The van der Waals surface area contributed by atoms with Crippen LogP contribution in [0.2, 0.25) is 0 Å². The molecule has 0 radical (unpaired) electrons. The van der Waals surface area contributed by atoms with E-state index in [0.717, 1.165) is 22.9 Å². The van der Waals surface area contributed by atoms with Crippen LogP contribution in [-0.4, -0.2) is 26.3 Å². The summed E-state index contributed by atoms with van der Waals surface area (Å²) in [5.74, 6) is 2.88. The Balaban J connectivity index is 2.10. The number of nitrogens with zero attached hydrogens (tertiary/aromatic N) is 1. The molecule has 2 aromatic rings. The van der Waals surface area contributed by atoms with Crippen LogP contribution in [0.4, 0.5) is 5.82 Å². The Morgan fingerprint density at radius 1 is 1.00 bits per heavy atom. The summed E-state index contributed by atoms with van der Waals surface area (Å²) in [6.45, 7) is 0.604. The number of rotatable bonds is 6. The molecule has 2 rings (SSSR count). The molecule has 0 unspecified atom stereocenters. The fraction of sp³-hybridized carbons (Fsp3) is 0.267. The van der Waals surface area contributed by atoms with Gasteiger partial charge in [0.25, 0.3) is 0 Å². The molecule has 0 aliphatic heterocycles. The second-order valence-corrected chi connectivity index (χ2v) is 4.10. The van der Waals surface area contributed by atoms with Crippen LogP contribution in [0.25, 0.3) is 0 Å². The second-order valence-electron chi connectivity index (χ2n) is 4.10. The molecule has 0 aliphatic carbocycles. The first-order valence-electron chi connectivity index (χ1n) is 6.22. The van der Waals surface area contributed by atoms with Crippen molar-refractivity contribution in [3.05, 3.63) is 42.0 Å². The van der Waals surface area contributed by atoms with Gasteiger partial charge in [0, 0.05) is 24.2 Å². The maximum absolute atomic E-state index is 5.36. The van der Waals surface area contributed by atoms with Gasteiger partial charge in [0.05, 0.1) is 21.3 Å². The van der Waals surface area contributed by atoms with E-state index >= 15 is 0 Å². The van der Waals surface area contributed by atoms with Crippen molar-refractivity contribution in [1.82, 2.24) is 4.98 Å². The molecule has 1 N–H and O–H groups in total. The van der Waals surface area contributed by atoms with Crippen molar-refractivity contribution in [3.8, 4) is 17.4 Å². The minimum Gasteiger partial charge on any atom is -0.497 e. The average molecular weight is 274 g/mol. The Hall–Kier alpha value is -2.43. The Bertz CT molecular complexity index is 573. The number of pyridine rings is 1. The molecule has 0 aliphatic rings. The third-order valence-electron chi connectivity index (χ3n) is 2.89. The number of methoxy groups -OCH3 is 3. The van der Waals surface area contributed by atoms with Crippen LogP contribution >= 0.6 is 0 Å². The zero-order chi connectivity index (χ0) is 14.4. The normalized spacial score (nSPS) is 9.95. The minimum absolute atomic E-state index is 0.580. The maximum atomic E-state index is 5.36. The molecule has 5 nitrogen and oxygen atoms in total. The lowest BCUT2D eigenvalue weighted by molar-refractivity contribution is 0.391. The Morgan fingerprint density at radius 2 is 1.85 bits per heavy atom. The van der Waals surface area contributed by atoms with E-state index < -0.39 is 0 Å². The lowest BCUT2D eigenvalue weighted by atomic mass is 10.2. The molecule has 0 saturated heterocycles. The van der Waals surface area contributed by atoms with E-state index in [1.807, 2.05) is 30.3 Å². The third kappa shape index (κ3) is 3.32. The number of ether oxygens (including phenoxy) is 3. The number of hydrogen-bond acceptors (Lipinski definition) is 5. The number of anilines is 1. The van der Waals surface area contributed by atoms with Gasteiger partial charge in [-0.05, 0) is 18.2 Å². The van der Waals surface area contributed by atoms with Gasteiger partial charge in [-0.25, -0.2) is 0 Å². The van der Waals surface area contributed by atoms with Crippen molar-refractivity contribution in [2.24, 2.45) is 0 Å². The molecular weight excluding hydrogens is 256 g/mol. The van der Waals surface area contributed by atoms with Gasteiger partial charge in [-0.2, -0.15) is 4.98 Å². The highest BCUT2D eigenvalue weighted by atomic mass is 16.5. The average Bonchev–Trinajstić information content (AvgIpc) is 2.52. The van der Waals surface area contributed by atoms with E-state index in [1.54, 1.807) is 27.4 Å². The van der Waals surface area contributed by atoms with Crippen LogP contribution < -0.4 is 19.5 Å². The standard InChI is InChI=1S/C15H18N2O3/c1-18-12-8-7-11(13(9-12)19-2)10-16-14-5-4-6-15(17-14)20-3/h4-9H,10H2,1-3H3,(H,16,17). The molecule has 1 aromatic heterocycles. The highest BCUT2D eigenvalue weighted by Crippen LogP contribution is 2.25. The first kappa shape index (κ1) is 14.0. The highest BCUT2D eigenvalue weighted by Gasteiger charge is 2.05. The predicted molar refractivity (Wildman–Crippen MR) is 77.7 cm³/mol. The summed E-state index contributed by atoms with van der Waals surface area (Å²) in [5.41, 5.74) is 1.03. The van der Waals surface area contributed by atoms with E-state index in [4.69, 9.17) is 14.2 Å². The van der Waals surface area contributed by atoms with Crippen molar-refractivity contribution in [1.29, 1.82) is 0 Å². The van der Waals surface area contributed by atoms with Crippen molar-refractivity contribution in [2.45, 2.75) is 6.54 Å². The number of nitrogens with one attached hydrogen (secondary N) is 1. The van der Waals surface area contributed by atoms with Gasteiger partial charge in [0.2, 0.25) is 5.88 Å². The molecule has 0 spiro atoms. The molecule has 1 aromatic carbocycles. The van der Waals surface area contributed by atoms with Crippen LogP contribution in [0.1, 0.15) is 5.56 Å². The summed E-state index contributed by atoms with van der Waals surface area (Å²) in [5, 5.41) is 3.24. The van der Waals surface area contributed by atoms with E-state index in [9.17, 15) is 0 Å². The first-order chi connectivity index (χ1) is 9.76. The van der Waals surface area contributed by atoms with Crippen LogP contribution in [0.3, 0.4) is 0 Å². The van der Waals surface area contributed by atoms with Crippen LogP contribution in [-0.2, 0) is 6.54 Å². The van der Waals surface area contributed by atoms with Gasteiger partial charge in [-0.1, -0.05) is 6.07 Å². The summed E-state index contributed by atoms with van der Waals surface area (Å²) >= 11 is 0. The van der Waals surface area contributed by atoms with Gasteiger partial charge < -0.3 is 19.5 Å². The van der Waals surface area contributed by atoms with Gasteiger partial charge in [-0.15, -0.1) is 0 Å². The zero-order valence-corrected chi connectivity index (χ0v) is 11.8. The van der Waals surface area contributed by atoms with Crippen LogP contribution in [0.15, 0.2) is 36.4 Å². The molecule has 5 heteroatoms. The summed E-state index contributed by atoms with van der Waals surface area (Å²) in [4.78, 5) is 4.30. The molecule has 0 amide bonds. The maximum Gasteiger partial charge on any atom is 0.214 e. The first-order valence-corrected chi connectivity index (χ1v) is 6.22. The quantitative estimate of drug-likeness (QED) is 0.877. The zero-order valence-electron chi connectivity index (χ0n) is 11.8. The highest BCUT2D eigenvalue weighted by molar-refractivity contribution is 5.44. The Labute approximate surface area is 118 Å². The van der Waals surface area contributed by atoms with Gasteiger partial charge >= 0.3 is 0 Å². The molecule has 1 heterocycles. The van der Waals surface area contributed by atoms with E-state index in [1.165, 1.54) is 0 Å². The molecule has 0 fully saturated rings. The third-order valence-corrected chi connectivity index (χ3v) is 2.89. The fourth-order valence-electron chi connectivity index (χ4n) is 1.81. The Morgan fingerprint density at radius 3 is 2.55 bits per heavy atom. The monoisotopic (exact) mass is 274 g/mol. The summed E-state index contributed by atoms with van der Waals surface area (Å²) < 4.78 is 15.6. The lowest BCUT2D eigenvalue weighted by Crippen LogP contribution is -2.04. The fourth-order valence-corrected chi connectivity index (χ4v) is 1.81. The molecular formula is C15H18N2O3. The van der Waals surface area contributed by atoms with Gasteiger partial charge in [0.1, 0.15) is 17.3 Å². The Kier molecular flexibility index (Phi) is 4.65. The molecule has 106 valence electrons. The molecule has 0 bridgehead atoms. The van der Waals surface area contributed by atoms with Crippen molar-refractivity contribution >= 4 is 5.82 Å². The molecule has 0 saturated carbocycles. The summed E-state index contributed by atoms with van der Waals surface area (Å²) in [6, 6.07) is 11.3. The smallest absolute Gasteiger partial charge is 0.214 e. The second kappa shape index (κ2) is 6.65. The summed E-state index contributed by atoms with van der Waals surface area (Å²) in [6.07, 6.45) is 0. The molecule has 20 heavy (non-hydrogen) atoms. The van der Waals surface area contributed by atoms with Crippen molar-refractivity contribution < 1.29 is 14.2 Å². The van der Waals surface area contributed by atoms with E-state index in [-0.39, 0.29) is 0 Å². The van der Waals surface area contributed by atoms with Crippen molar-refractivity contribution in [3.63, 3.8) is 0 Å². The van der Waals surface area contributed by atoms with Crippen LogP contribution in [0.5, 0.6) is 17.4 Å². The largest absolute Gasteiger partial charge is 0.497 e. The predicted octanol–water partition coefficient (Wildman–Crippen LogP) is 2.72. The molecule has 0 atom stereocenters. The van der Waals surface area contributed by atoms with E-state index in [0.29, 0.717) is 12.4 Å². The SMILES string of the molecule is COc1ccc(CNc2cccc(OC)n2)c(OC)c1. The topological polar surface area (TPSA) is 52.6 Å². The van der Waals surface area contributed by atoms with Crippen LogP contribution in [0, 0.1) is 0 Å². The van der Waals surface area contributed by atoms with Gasteiger partial charge in [0.15, 0.2) is 0 Å². The number of aromatic nitrogens is 1. The van der Waals surface area contributed by atoms with Crippen molar-refractivity contribution in [2.75, 3.05) is 26.6 Å². The minimum atomic E-state index is 0.580. The number of benzene rings is 1. The van der Waals surface area contributed by atoms with Gasteiger partial charge in [-0.3, -0.25) is 0 Å². The lowest BCUT2D eigenvalue weighted by Gasteiger charge is -2.12.